The Bertz CT molecular complexity index is 615. The van der Waals surface area contributed by atoms with Crippen molar-refractivity contribution in [3.05, 3.63) is 42.0 Å². The molecule has 1 aliphatic heterocycles. The first-order valence-corrected chi connectivity index (χ1v) is 8.00. The summed E-state index contributed by atoms with van der Waals surface area (Å²) >= 11 is 1.53. The topological polar surface area (TPSA) is 58.4 Å². The number of amides is 2. The highest BCUT2D eigenvalue weighted by Gasteiger charge is 2.11. The molecule has 0 spiro atoms. The molecule has 2 aromatic rings. The van der Waals surface area contributed by atoms with Crippen molar-refractivity contribution in [2.45, 2.75) is 19.4 Å². The molecule has 1 aromatic heterocycles. The minimum atomic E-state index is -0.524. The van der Waals surface area contributed by atoms with E-state index in [1.807, 2.05) is 12.1 Å². The van der Waals surface area contributed by atoms with Crippen LogP contribution < -0.4 is 11.1 Å². The van der Waals surface area contributed by atoms with Gasteiger partial charge in [0.05, 0.1) is 5.00 Å². The predicted molar refractivity (Wildman–Crippen MR) is 87.5 cm³/mol. The van der Waals surface area contributed by atoms with Crippen LogP contribution in [0.4, 0.5) is 9.80 Å². The predicted octanol–water partition coefficient (Wildman–Crippen LogP) is 3.50. The fraction of sp³-hybridized carbons (Fsp3) is 0.312. The summed E-state index contributed by atoms with van der Waals surface area (Å²) in [5.41, 5.74) is 7.65. The van der Waals surface area contributed by atoms with Crippen LogP contribution in [-0.4, -0.2) is 24.0 Å². The van der Waals surface area contributed by atoms with Crippen molar-refractivity contribution in [2.24, 2.45) is 5.73 Å². The van der Waals surface area contributed by atoms with Crippen LogP contribution in [0, 0.1) is 0 Å². The van der Waals surface area contributed by atoms with Gasteiger partial charge in [-0.1, -0.05) is 24.3 Å². The molecule has 3 rings (SSSR count). The molecular formula is C16H19N3OS. The molecule has 3 N–H and O–H groups in total. The third-order valence-electron chi connectivity index (χ3n) is 3.70. The van der Waals surface area contributed by atoms with Crippen LogP contribution >= 0.6 is 11.3 Å². The molecule has 1 aliphatic rings. The van der Waals surface area contributed by atoms with E-state index >= 15 is 0 Å². The molecule has 0 radical (unpaired) electrons. The van der Waals surface area contributed by atoms with Gasteiger partial charge in [0.1, 0.15) is 0 Å². The molecule has 110 valence electrons. The van der Waals surface area contributed by atoms with Gasteiger partial charge in [0, 0.05) is 11.4 Å². The molecule has 5 heteroatoms. The maximum absolute atomic E-state index is 10.8. The van der Waals surface area contributed by atoms with Gasteiger partial charge >= 0.3 is 6.03 Å². The van der Waals surface area contributed by atoms with Crippen molar-refractivity contribution in [3.63, 3.8) is 0 Å². The zero-order chi connectivity index (χ0) is 14.7. The number of carbonyl (C=O) groups excluding carboxylic acids is 1. The van der Waals surface area contributed by atoms with Crippen molar-refractivity contribution >= 4 is 22.4 Å². The molecular weight excluding hydrogens is 282 g/mol. The Labute approximate surface area is 128 Å². The van der Waals surface area contributed by atoms with Crippen LogP contribution in [-0.2, 0) is 6.54 Å². The monoisotopic (exact) mass is 301 g/mol. The second kappa shape index (κ2) is 6.28. The average Bonchev–Trinajstić information content (AvgIpc) is 3.11. The van der Waals surface area contributed by atoms with Crippen LogP contribution in [0.1, 0.15) is 18.4 Å². The Morgan fingerprint density at radius 3 is 2.52 bits per heavy atom. The zero-order valence-electron chi connectivity index (χ0n) is 11.8. The Morgan fingerprint density at radius 2 is 1.86 bits per heavy atom. The lowest BCUT2D eigenvalue weighted by atomic mass is 10.1. The summed E-state index contributed by atoms with van der Waals surface area (Å²) in [6.45, 7) is 3.48. The summed E-state index contributed by atoms with van der Waals surface area (Å²) in [6, 6.07) is 12.0. The molecule has 0 saturated carbocycles. The second-order valence-corrected chi connectivity index (χ2v) is 6.42. The summed E-state index contributed by atoms with van der Waals surface area (Å²) in [6.07, 6.45) is 2.64. The molecule has 1 aromatic carbocycles. The highest BCUT2D eigenvalue weighted by molar-refractivity contribution is 7.19. The maximum Gasteiger partial charge on any atom is 0.317 e. The Hall–Kier alpha value is -1.85. The summed E-state index contributed by atoms with van der Waals surface area (Å²) in [4.78, 5) is 14.5. The minimum Gasteiger partial charge on any atom is -0.351 e. The van der Waals surface area contributed by atoms with Gasteiger partial charge in [0.2, 0.25) is 0 Å². The quantitative estimate of drug-likeness (QED) is 0.908. The summed E-state index contributed by atoms with van der Waals surface area (Å²) in [5.74, 6) is 0. The molecule has 0 atom stereocenters. The standard InChI is InChI=1S/C16H19N3OS/c17-16(20)18-15-8-7-14(21-15)13-5-3-12(4-6-13)11-19-9-1-2-10-19/h3-8H,1-2,9-11H2,(H3,17,18,20). The van der Waals surface area contributed by atoms with E-state index < -0.39 is 6.03 Å². The van der Waals surface area contributed by atoms with Crippen molar-refractivity contribution in [1.29, 1.82) is 0 Å². The van der Waals surface area contributed by atoms with Crippen LogP contribution in [0.25, 0.3) is 10.4 Å². The molecule has 1 fully saturated rings. The number of thiophene rings is 1. The van der Waals surface area contributed by atoms with E-state index in [1.54, 1.807) is 0 Å². The Kier molecular flexibility index (Phi) is 4.22. The number of nitrogens with zero attached hydrogens (tertiary/aromatic N) is 1. The van der Waals surface area contributed by atoms with E-state index in [9.17, 15) is 4.79 Å². The van der Waals surface area contributed by atoms with E-state index in [4.69, 9.17) is 5.73 Å². The number of benzene rings is 1. The number of primary amides is 1. The third-order valence-corrected chi connectivity index (χ3v) is 4.75. The number of carbonyl (C=O) groups is 1. The van der Waals surface area contributed by atoms with Gasteiger partial charge in [-0.25, -0.2) is 4.79 Å². The summed E-state index contributed by atoms with van der Waals surface area (Å²) < 4.78 is 0. The molecule has 1 saturated heterocycles. The lowest BCUT2D eigenvalue weighted by Gasteiger charge is -2.14. The van der Waals surface area contributed by atoms with E-state index in [0.717, 1.165) is 16.4 Å². The highest BCUT2D eigenvalue weighted by Crippen LogP contribution is 2.31. The maximum atomic E-state index is 10.8. The van der Waals surface area contributed by atoms with Crippen molar-refractivity contribution in [1.82, 2.24) is 4.90 Å². The Morgan fingerprint density at radius 1 is 1.14 bits per heavy atom. The van der Waals surface area contributed by atoms with Crippen molar-refractivity contribution in [2.75, 3.05) is 18.4 Å². The summed E-state index contributed by atoms with van der Waals surface area (Å²) in [7, 11) is 0. The number of rotatable bonds is 4. The van der Waals surface area contributed by atoms with Crippen LogP contribution in [0.5, 0.6) is 0 Å². The van der Waals surface area contributed by atoms with E-state index in [2.05, 4.69) is 34.5 Å². The molecule has 2 amide bonds. The van der Waals surface area contributed by atoms with Crippen molar-refractivity contribution in [3.8, 4) is 10.4 Å². The van der Waals surface area contributed by atoms with Crippen LogP contribution in [0.2, 0.25) is 0 Å². The number of nitrogens with one attached hydrogen (secondary N) is 1. The first-order chi connectivity index (χ1) is 10.2. The number of hydrogen-bond acceptors (Lipinski definition) is 3. The van der Waals surface area contributed by atoms with E-state index in [-0.39, 0.29) is 0 Å². The molecule has 0 bridgehead atoms. The molecule has 2 heterocycles. The van der Waals surface area contributed by atoms with Gasteiger partial charge in [-0.15, -0.1) is 11.3 Å². The van der Waals surface area contributed by atoms with Gasteiger partial charge in [-0.2, -0.15) is 0 Å². The van der Waals surface area contributed by atoms with Crippen molar-refractivity contribution < 1.29 is 4.79 Å². The molecule has 21 heavy (non-hydrogen) atoms. The van der Waals surface area contributed by atoms with Gasteiger partial charge in [-0.3, -0.25) is 10.2 Å². The Balaban J connectivity index is 1.68. The fourth-order valence-electron chi connectivity index (χ4n) is 2.65. The first kappa shape index (κ1) is 14.1. The number of anilines is 1. The number of likely N-dealkylation sites (tertiary alicyclic amines) is 1. The number of hydrogen-bond donors (Lipinski definition) is 2. The van der Waals surface area contributed by atoms with Gasteiger partial charge < -0.3 is 5.73 Å². The summed E-state index contributed by atoms with van der Waals surface area (Å²) in [5, 5.41) is 3.38. The van der Waals surface area contributed by atoms with Crippen LogP contribution in [0.3, 0.4) is 0 Å². The average molecular weight is 301 g/mol. The molecule has 0 unspecified atom stereocenters. The van der Waals surface area contributed by atoms with E-state index in [0.29, 0.717) is 0 Å². The fourth-order valence-corrected chi connectivity index (χ4v) is 3.57. The lowest BCUT2D eigenvalue weighted by Crippen LogP contribution is -2.18. The van der Waals surface area contributed by atoms with Gasteiger partial charge in [0.15, 0.2) is 0 Å². The van der Waals surface area contributed by atoms with Gasteiger partial charge in [-0.05, 0) is 49.2 Å². The normalized spacial score (nSPS) is 15.2. The van der Waals surface area contributed by atoms with E-state index in [1.165, 1.54) is 48.4 Å². The van der Waals surface area contributed by atoms with Crippen LogP contribution in [0.15, 0.2) is 36.4 Å². The molecule has 4 nitrogen and oxygen atoms in total. The second-order valence-electron chi connectivity index (χ2n) is 5.33. The highest BCUT2D eigenvalue weighted by atomic mass is 32.1. The first-order valence-electron chi connectivity index (χ1n) is 7.19. The lowest BCUT2D eigenvalue weighted by molar-refractivity contribution is 0.259. The number of nitrogens with two attached hydrogens (primary N) is 1. The smallest absolute Gasteiger partial charge is 0.317 e. The number of urea groups is 1. The SMILES string of the molecule is NC(=O)Nc1ccc(-c2ccc(CN3CCCC3)cc2)s1. The molecule has 0 aliphatic carbocycles. The zero-order valence-corrected chi connectivity index (χ0v) is 12.7. The largest absolute Gasteiger partial charge is 0.351 e. The van der Waals surface area contributed by atoms with Gasteiger partial charge in [0.25, 0.3) is 0 Å². The third kappa shape index (κ3) is 3.62. The minimum absolute atomic E-state index is 0.524.